The average Bonchev–Trinajstić information content (AvgIpc) is 3.12. The summed E-state index contributed by atoms with van der Waals surface area (Å²) >= 11 is 0. The maximum atomic E-state index is 14.8. The SMILES string of the molecule is C=C(C)C(=O)O[C@]1(C)C(=O)O[C@H](CC)[C@@](C)(O)[C@H](O)[C@@H](C)C(=O)[C@H](C)C[C@@](C)(O)[C@H](OC2O[C@@H](C)C[C@@H](N(C)C)[C@@H]2O)[C@@H](C)[C@@H]1OC1C[C@@](C)(OC)[C@@H](O)[C@H](C)O1. The standard InChI is InChI=1S/C41H71NO15/c1-16-27-40(11,50)31(45)23(6)29(43)21(4)18-38(9,49)33(56-36-30(44)26(42(13)14)17-22(5)52-36)24(7)34(41(12,37(48)54-27)57-35(47)20(2)3)55-28-19-39(10,51-15)32(46)25(8)53-28/h21-28,30-34,36,44-46,49-50H,2,16-19H2,1,3-15H3/t21-,22+,23+,24-,25+,26-,27-,28?,30+,31-,32+,33-,34+,36?,38-,39-,40-,41+/m1/s1. The molecule has 3 rings (SSSR count). The number of hydrogen-bond donors (Lipinski definition) is 5. The van der Waals surface area contributed by atoms with E-state index >= 15 is 0 Å². The largest absolute Gasteiger partial charge is 0.456 e. The second kappa shape index (κ2) is 18.7. The van der Waals surface area contributed by atoms with Crippen molar-refractivity contribution in [2.24, 2.45) is 17.8 Å². The van der Waals surface area contributed by atoms with Crippen LogP contribution in [-0.2, 0) is 47.5 Å². The molecule has 2 unspecified atom stereocenters. The first-order valence-corrected chi connectivity index (χ1v) is 20.0. The number of hydrogen-bond acceptors (Lipinski definition) is 16. The molecular weight excluding hydrogens is 746 g/mol. The van der Waals surface area contributed by atoms with Gasteiger partial charge in [0.05, 0.1) is 35.6 Å². The molecule has 3 aliphatic rings. The number of carbonyl (C=O) groups is 3. The van der Waals surface area contributed by atoms with Crippen molar-refractivity contribution in [2.75, 3.05) is 21.2 Å². The number of methoxy groups -OCH3 is 1. The van der Waals surface area contributed by atoms with Crippen molar-refractivity contribution in [1.82, 2.24) is 4.90 Å². The molecule has 3 fully saturated rings. The first-order chi connectivity index (χ1) is 26.1. The predicted octanol–water partition coefficient (Wildman–Crippen LogP) is 2.03. The van der Waals surface area contributed by atoms with E-state index in [0.29, 0.717) is 6.42 Å². The van der Waals surface area contributed by atoms with E-state index in [-0.39, 0.29) is 24.8 Å². The lowest BCUT2D eigenvalue weighted by Gasteiger charge is -2.50. The average molecular weight is 818 g/mol. The number of aliphatic hydroxyl groups is 5. The Morgan fingerprint density at radius 1 is 0.930 bits per heavy atom. The van der Waals surface area contributed by atoms with Crippen LogP contribution in [0.1, 0.15) is 102 Å². The van der Waals surface area contributed by atoms with Crippen LogP contribution >= 0.6 is 0 Å². The second-order valence-corrected chi connectivity index (χ2v) is 17.9. The summed E-state index contributed by atoms with van der Waals surface area (Å²) in [6, 6.07) is -0.418. The van der Waals surface area contributed by atoms with E-state index in [2.05, 4.69) is 6.58 Å². The molecule has 3 aliphatic heterocycles. The molecule has 57 heavy (non-hydrogen) atoms. The van der Waals surface area contributed by atoms with Gasteiger partial charge in [0, 0.05) is 42.9 Å². The van der Waals surface area contributed by atoms with Crippen LogP contribution in [-0.4, -0.2) is 159 Å². The smallest absolute Gasteiger partial charge is 0.353 e. The molecule has 0 radical (unpaired) electrons. The van der Waals surface area contributed by atoms with Gasteiger partial charge in [-0.15, -0.1) is 0 Å². The Bertz CT molecular complexity index is 1420. The summed E-state index contributed by atoms with van der Waals surface area (Å²) in [5, 5.41) is 58.6. The molecule has 330 valence electrons. The first-order valence-electron chi connectivity index (χ1n) is 20.0. The molecule has 3 saturated heterocycles. The van der Waals surface area contributed by atoms with Gasteiger partial charge >= 0.3 is 11.9 Å². The highest BCUT2D eigenvalue weighted by Crippen LogP contribution is 2.43. The fourth-order valence-electron chi connectivity index (χ4n) is 8.80. The third-order valence-electron chi connectivity index (χ3n) is 12.5. The van der Waals surface area contributed by atoms with Crippen molar-refractivity contribution in [3.8, 4) is 0 Å². The van der Waals surface area contributed by atoms with Crippen LogP contribution in [0.2, 0.25) is 0 Å². The number of Topliss-reactive ketones (excluding diaryl/α,β-unsaturated/α-hetero) is 1. The fraction of sp³-hybridized carbons (Fsp3) is 0.878. The quantitative estimate of drug-likeness (QED) is 0.166. The van der Waals surface area contributed by atoms with Crippen molar-refractivity contribution in [2.45, 2.75) is 192 Å². The van der Waals surface area contributed by atoms with Crippen LogP contribution in [0.4, 0.5) is 0 Å². The molecule has 0 bridgehead atoms. The number of aliphatic hydroxyl groups excluding tert-OH is 3. The molecule has 0 aromatic heterocycles. The summed E-state index contributed by atoms with van der Waals surface area (Å²) in [7, 11) is 5.03. The Morgan fingerprint density at radius 3 is 2.05 bits per heavy atom. The number of nitrogens with zero attached hydrogens (tertiary/aromatic N) is 1. The van der Waals surface area contributed by atoms with Gasteiger partial charge in [0.15, 0.2) is 12.6 Å². The second-order valence-electron chi connectivity index (χ2n) is 17.9. The van der Waals surface area contributed by atoms with Crippen molar-refractivity contribution < 1.29 is 73.1 Å². The van der Waals surface area contributed by atoms with Crippen LogP contribution < -0.4 is 0 Å². The van der Waals surface area contributed by atoms with Crippen LogP contribution in [0.25, 0.3) is 0 Å². The number of ether oxygens (including phenoxy) is 7. The Labute approximate surface area is 338 Å². The summed E-state index contributed by atoms with van der Waals surface area (Å²) in [4.78, 5) is 44.2. The third kappa shape index (κ3) is 10.4. The van der Waals surface area contributed by atoms with Gasteiger partial charge in [-0.25, -0.2) is 9.59 Å². The Morgan fingerprint density at radius 2 is 1.53 bits per heavy atom. The lowest BCUT2D eigenvalue weighted by atomic mass is 9.73. The minimum absolute atomic E-state index is 0.0340. The molecule has 0 spiro atoms. The molecule has 18 atom stereocenters. The molecule has 0 aromatic carbocycles. The predicted molar refractivity (Wildman–Crippen MR) is 206 cm³/mol. The highest BCUT2D eigenvalue weighted by molar-refractivity contribution is 5.91. The molecule has 0 aliphatic carbocycles. The molecule has 5 N–H and O–H groups in total. The first kappa shape index (κ1) is 49.3. The van der Waals surface area contributed by atoms with E-state index in [1.54, 1.807) is 48.7 Å². The molecule has 16 nitrogen and oxygen atoms in total. The zero-order chi connectivity index (χ0) is 43.7. The molecular formula is C41H71NO15. The maximum absolute atomic E-state index is 14.8. The highest BCUT2D eigenvalue weighted by atomic mass is 16.7. The fourth-order valence-corrected chi connectivity index (χ4v) is 8.80. The van der Waals surface area contributed by atoms with Crippen molar-refractivity contribution >= 4 is 17.7 Å². The van der Waals surface area contributed by atoms with Crippen LogP contribution in [0.3, 0.4) is 0 Å². The third-order valence-corrected chi connectivity index (χ3v) is 12.5. The lowest BCUT2D eigenvalue weighted by Crippen LogP contribution is -2.65. The van der Waals surface area contributed by atoms with E-state index in [9.17, 15) is 39.9 Å². The van der Waals surface area contributed by atoms with Gasteiger partial charge in [-0.05, 0) is 81.8 Å². The number of likely N-dealkylation sites (N-methyl/N-ethyl adjacent to an activating group) is 1. The van der Waals surface area contributed by atoms with Gasteiger partial charge in [-0.3, -0.25) is 4.79 Å². The summed E-state index contributed by atoms with van der Waals surface area (Å²) in [5.41, 5.74) is -7.89. The summed E-state index contributed by atoms with van der Waals surface area (Å²) in [6.07, 6.45) is -12.3. The van der Waals surface area contributed by atoms with Crippen molar-refractivity contribution in [1.29, 1.82) is 0 Å². The Kier molecular flexibility index (Phi) is 16.1. The van der Waals surface area contributed by atoms with Crippen molar-refractivity contribution in [3.63, 3.8) is 0 Å². The summed E-state index contributed by atoms with van der Waals surface area (Å²) in [5.74, 6) is -6.02. The minimum Gasteiger partial charge on any atom is -0.456 e. The van der Waals surface area contributed by atoms with Gasteiger partial charge < -0.3 is 63.6 Å². The number of ketones is 1. The number of carbonyl (C=O) groups excluding carboxylic acids is 3. The zero-order valence-electron chi connectivity index (χ0n) is 36.4. The molecule has 3 heterocycles. The van der Waals surface area contributed by atoms with Crippen LogP contribution in [0.15, 0.2) is 12.2 Å². The van der Waals surface area contributed by atoms with Gasteiger partial charge in [0.1, 0.15) is 35.8 Å². The lowest BCUT2D eigenvalue weighted by molar-refractivity contribution is -0.327. The number of esters is 2. The van der Waals surface area contributed by atoms with Gasteiger partial charge in [-0.1, -0.05) is 34.3 Å². The minimum atomic E-state index is -2.43. The van der Waals surface area contributed by atoms with E-state index < -0.39 is 125 Å². The maximum Gasteiger partial charge on any atom is 0.353 e. The molecule has 16 heteroatoms. The van der Waals surface area contributed by atoms with E-state index in [1.807, 2.05) is 11.8 Å². The molecule has 0 amide bonds. The van der Waals surface area contributed by atoms with E-state index in [1.165, 1.54) is 41.7 Å². The summed E-state index contributed by atoms with van der Waals surface area (Å²) < 4.78 is 43.3. The molecule has 0 saturated carbocycles. The number of cyclic esters (lactones) is 1. The normalized spacial score (nSPS) is 46.9. The van der Waals surface area contributed by atoms with Crippen LogP contribution in [0.5, 0.6) is 0 Å². The monoisotopic (exact) mass is 817 g/mol. The number of rotatable bonds is 9. The van der Waals surface area contributed by atoms with E-state index in [0.717, 1.165) is 0 Å². The van der Waals surface area contributed by atoms with Crippen molar-refractivity contribution in [3.05, 3.63) is 12.2 Å². The van der Waals surface area contributed by atoms with Gasteiger partial charge in [0.2, 0.25) is 5.60 Å². The highest BCUT2D eigenvalue weighted by Gasteiger charge is 2.59. The van der Waals surface area contributed by atoms with Gasteiger partial charge in [-0.2, -0.15) is 0 Å². The Hall–Kier alpha value is -2.09. The van der Waals surface area contributed by atoms with Gasteiger partial charge in [0.25, 0.3) is 0 Å². The summed E-state index contributed by atoms with van der Waals surface area (Å²) in [6.45, 7) is 20.3. The topological polar surface area (TPSA) is 220 Å². The molecule has 0 aromatic rings. The van der Waals surface area contributed by atoms with Crippen LogP contribution in [0, 0.1) is 17.8 Å². The Balaban J connectivity index is 2.39. The van der Waals surface area contributed by atoms with E-state index in [4.69, 9.17) is 33.2 Å². The zero-order valence-corrected chi connectivity index (χ0v) is 36.4.